The van der Waals surface area contributed by atoms with Crippen molar-refractivity contribution in [1.29, 1.82) is 0 Å². The summed E-state index contributed by atoms with van der Waals surface area (Å²) in [6.45, 7) is 5.31. The van der Waals surface area contributed by atoms with E-state index in [1.165, 1.54) is 22.5 Å². The molecule has 0 aliphatic carbocycles. The number of carbonyl (C=O) groups excluding carboxylic acids is 1. The number of hydrogen-bond donors (Lipinski definition) is 0. The number of rotatable bonds is 6. The fourth-order valence-corrected chi connectivity index (χ4v) is 4.60. The van der Waals surface area contributed by atoms with E-state index in [2.05, 4.69) is 35.5 Å². The molecule has 0 radical (unpaired) electrons. The van der Waals surface area contributed by atoms with Crippen LogP contribution in [0.5, 0.6) is 11.5 Å². The van der Waals surface area contributed by atoms with Crippen molar-refractivity contribution in [2.75, 3.05) is 13.7 Å². The van der Waals surface area contributed by atoms with Crippen LogP contribution in [0.4, 0.5) is 0 Å². The lowest BCUT2D eigenvalue weighted by molar-refractivity contribution is 0.0995. The fraction of sp³-hybridized carbons (Fsp3) is 0.200. The number of fused-ring (bicyclic) bond motifs is 1. The molecule has 0 aliphatic rings. The Bertz CT molecular complexity index is 1290. The molecule has 0 N–H and O–H groups in total. The summed E-state index contributed by atoms with van der Waals surface area (Å²) in [5.41, 5.74) is 3.84. The van der Waals surface area contributed by atoms with Gasteiger partial charge in [0.05, 0.1) is 22.4 Å². The van der Waals surface area contributed by atoms with Crippen LogP contribution in [0.25, 0.3) is 10.2 Å². The van der Waals surface area contributed by atoms with Gasteiger partial charge >= 0.3 is 0 Å². The third kappa shape index (κ3) is 4.60. The summed E-state index contributed by atoms with van der Waals surface area (Å²) in [5.74, 6) is 0.823. The number of amides is 1. The van der Waals surface area contributed by atoms with Crippen molar-refractivity contribution >= 4 is 27.5 Å². The van der Waals surface area contributed by atoms with Gasteiger partial charge in [0.15, 0.2) is 4.80 Å². The van der Waals surface area contributed by atoms with E-state index in [-0.39, 0.29) is 5.91 Å². The Kier molecular flexibility index (Phi) is 6.30. The molecule has 0 unspecified atom stereocenters. The van der Waals surface area contributed by atoms with E-state index < -0.39 is 0 Å². The van der Waals surface area contributed by atoms with Crippen LogP contribution in [0, 0.1) is 13.8 Å². The summed E-state index contributed by atoms with van der Waals surface area (Å²) in [5, 5.41) is 0. The Morgan fingerprint density at radius 3 is 2.55 bits per heavy atom. The summed E-state index contributed by atoms with van der Waals surface area (Å²) < 4.78 is 14.4. The van der Waals surface area contributed by atoms with E-state index in [0.29, 0.717) is 35.0 Å². The maximum absolute atomic E-state index is 13.2. The number of aromatic nitrogens is 1. The number of methoxy groups -OCH3 is 1. The molecule has 4 rings (SSSR count). The number of benzene rings is 3. The summed E-state index contributed by atoms with van der Waals surface area (Å²) in [4.78, 5) is 18.3. The van der Waals surface area contributed by atoms with Gasteiger partial charge in [-0.15, -0.1) is 0 Å². The minimum Gasteiger partial charge on any atom is -0.457 e. The average Bonchev–Trinajstić information content (AvgIpc) is 3.10. The van der Waals surface area contributed by atoms with Crippen molar-refractivity contribution < 1.29 is 14.3 Å². The lowest BCUT2D eigenvalue weighted by Gasteiger charge is -2.09. The molecule has 0 saturated heterocycles. The maximum atomic E-state index is 13.2. The Morgan fingerprint density at radius 1 is 1.03 bits per heavy atom. The predicted octanol–water partition coefficient (Wildman–Crippen LogP) is 5.50. The standard InChI is InChI=1S/C25H24N2O3S/c1-17-15-18(2)23-21(16-17)27(13-14-29-3)25(31-23)26-24(28)20-11-7-8-12-22(20)30-19-9-5-4-6-10-19/h4-12,15-16H,13-14H2,1-3H3. The second-order valence-electron chi connectivity index (χ2n) is 7.29. The van der Waals surface area contributed by atoms with Gasteiger partial charge in [0.25, 0.3) is 5.91 Å². The Labute approximate surface area is 185 Å². The molecular weight excluding hydrogens is 408 g/mol. The smallest absolute Gasteiger partial charge is 0.283 e. The quantitative estimate of drug-likeness (QED) is 0.404. The van der Waals surface area contributed by atoms with Crippen LogP contribution in [-0.4, -0.2) is 24.2 Å². The minimum atomic E-state index is -0.335. The largest absolute Gasteiger partial charge is 0.457 e. The van der Waals surface area contributed by atoms with Crippen LogP contribution in [0.2, 0.25) is 0 Å². The molecule has 3 aromatic carbocycles. The zero-order valence-electron chi connectivity index (χ0n) is 17.8. The molecule has 5 nitrogen and oxygen atoms in total. The van der Waals surface area contributed by atoms with E-state index in [0.717, 1.165) is 10.2 Å². The van der Waals surface area contributed by atoms with Gasteiger partial charge in [-0.05, 0) is 55.3 Å². The van der Waals surface area contributed by atoms with Gasteiger partial charge in [0, 0.05) is 13.7 Å². The Hall–Kier alpha value is -3.22. The molecule has 0 saturated carbocycles. The third-order valence-electron chi connectivity index (χ3n) is 4.92. The number of thiazole rings is 1. The molecule has 0 aliphatic heterocycles. The van der Waals surface area contributed by atoms with Crippen molar-refractivity contribution in [3.05, 3.63) is 88.2 Å². The first-order valence-corrected chi connectivity index (χ1v) is 10.9. The molecule has 1 aromatic heterocycles. The van der Waals surface area contributed by atoms with Gasteiger partial charge in [0.1, 0.15) is 11.5 Å². The number of ether oxygens (including phenoxy) is 2. The number of nitrogens with zero attached hydrogens (tertiary/aromatic N) is 2. The molecule has 0 bridgehead atoms. The highest BCUT2D eigenvalue weighted by molar-refractivity contribution is 7.16. The maximum Gasteiger partial charge on any atom is 0.283 e. The topological polar surface area (TPSA) is 52.8 Å². The van der Waals surface area contributed by atoms with Crippen LogP contribution < -0.4 is 9.54 Å². The monoisotopic (exact) mass is 432 g/mol. The first-order valence-electron chi connectivity index (χ1n) is 10.1. The van der Waals surface area contributed by atoms with Gasteiger partial charge in [0.2, 0.25) is 0 Å². The summed E-state index contributed by atoms with van der Waals surface area (Å²) in [6.07, 6.45) is 0. The first-order chi connectivity index (χ1) is 15.1. The normalized spacial score (nSPS) is 11.8. The van der Waals surface area contributed by atoms with E-state index in [4.69, 9.17) is 9.47 Å². The van der Waals surface area contributed by atoms with Crippen molar-refractivity contribution in [1.82, 2.24) is 4.57 Å². The van der Waals surface area contributed by atoms with Gasteiger partial charge < -0.3 is 14.0 Å². The molecule has 31 heavy (non-hydrogen) atoms. The van der Waals surface area contributed by atoms with Gasteiger partial charge in [-0.3, -0.25) is 4.79 Å². The average molecular weight is 433 g/mol. The lowest BCUT2D eigenvalue weighted by Crippen LogP contribution is -2.19. The Morgan fingerprint density at radius 2 is 1.77 bits per heavy atom. The highest BCUT2D eigenvalue weighted by Gasteiger charge is 2.15. The molecule has 158 valence electrons. The van der Waals surface area contributed by atoms with Crippen molar-refractivity contribution in [3.63, 3.8) is 0 Å². The van der Waals surface area contributed by atoms with Crippen LogP contribution >= 0.6 is 11.3 Å². The predicted molar refractivity (Wildman–Crippen MR) is 124 cm³/mol. The molecule has 6 heteroatoms. The van der Waals surface area contributed by atoms with E-state index >= 15 is 0 Å². The summed E-state index contributed by atoms with van der Waals surface area (Å²) in [6, 6.07) is 20.9. The SMILES string of the molecule is COCCn1c(=NC(=O)c2ccccc2Oc2ccccc2)sc2c(C)cc(C)cc21. The fourth-order valence-electron chi connectivity index (χ4n) is 3.49. The zero-order valence-corrected chi connectivity index (χ0v) is 18.6. The molecule has 0 spiro atoms. The third-order valence-corrected chi connectivity index (χ3v) is 6.15. The van der Waals surface area contributed by atoms with E-state index in [1.807, 2.05) is 42.5 Å². The Balaban J connectivity index is 1.79. The molecule has 4 aromatic rings. The van der Waals surface area contributed by atoms with Gasteiger partial charge in [-0.25, -0.2) is 0 Å². The minimum absolute atomic E-state index is 0.335. The number of hydrogen-bond acceptors (Lipinski definition) is 4. The van der Waals surface area contributed by atoms with E-state index in [9.17, 15) is 4.79 Å². The van der Waals surface area contributed by atoms with Crippen LogP contribution in [0.3, 0.4) is 0 Å². The van der Waals surface area contributed by atoms with Crippen LogP contribution in [0.15, 0.2) is 71.7 Å². The molecule has 1 amide bonds. The lowest BCUT2D eigenvalue weighted by atomic mass is 10.1. The highest BCUT2D eigenvalue weighted by Crippen LogP contribution is 2.26. The highest BCUT2D eigenvalue weighted by atomic mass is 32.1. The van der Waals surface area contributed by atoms with Crippen LogP contribution in [-0.2, 0) is 11.3 Å². The summed E-state index contributed by atoms with van der Waals surface area (Å²) >= 11 is 1.52. The molecule has 0 atom stereocenters. The van der Waals surface area contributed by atoms with Crippen molar-refractivity contribution in [2.45, 2.75) is 20.4 Å². The number of aryl methyl sites for hydroxylation is 2. The second-order valence-corrected chi connectivity index (χ2v) is 8.26. The molecular formula is C25H24N2O3S. The zero-order chi connectivity index (χ0) is 21.8. The number of para-hydroxylation sites is 2. The molecule has 1 heterocycles. The second kappa shape index (κ2) is 9.29. The van der Waals surface area contributed by atoms with Crippen molar-refractivity contribution in [3.8, 4) is 11.5 Å². The van der Waals surface area contributed by atoms with Gasteiger partial charge in [-0.2, -0.15) is 4.99 Å². The van der Waals surface area contributed by atoms with Crippen LogP contribution in [0.1, 0.15) is 21.5 Å². The first kappa shape index (κ1) is 21.0. The van der Waals surface area contributed by atoms with E-state index in [1.54, 1.807) is 19.2 Å². The number of carbonyl (C=O) groups is 1. The molecule has 0 fully saturated rings. The van der Waals surface area contributed by atoms with Gasteiger partial charge in [-0.1, -0.05) is 47.7 Å². The summed E-state index contributed by atoms with van der Waals surface area (Å²) in [7, 11) is 1.67. The van der Waals surface area contributed by atoms with Crippen molar-refractivity contribution in [2.24, 2.45) is 4.99 Å².